The Bertz CT molecular complexity index is 490. The van der Waals surface area contributed by atoms with Gasteiger partial charge in [-0.15, -0.1) is 0 Å². The molecule has 0 aliphatic rings. The average Bonchev–Trinajstić information content (AvgIpc) is 2.48. The maximum Gasteiger partial charge on any atom is 0.104 e. The van der Waals surface area contributed by atoms with Crippen LogP contribution in [-0.4, -0.2) is 5.11 Å². The third-order valence-corrected chi connectivity index (χ3v) is 3.51. The minimum Gasteiger partial charge on any atom is -0.384 e. The van der Waals surface area contributed by atoms with Crippen molar-refractivity contribution in [3.63, 3.8) is 0 Å². The smallest absolute Gasteiger partial charge is 0.104 e. The number of rotatable bonds is 6. The van der Waals surface area contributed by atoms with E-state index >= 15 is 0 Å². The normalized spacial score (nSPS) is 12.3. The summed E-state index contributed by atoms with van der Waals surface area (Å²) in [6.07, 6.45) is 4.20. The second kappa shape index (κ2) is 7.10. The summed E-state index contributed by atoms with van der Waals surface area (Å²) >= 11 is 0. The molecule has 0 bridgehead atoms. The molecule has 0 aromatic heterocycles. The molecule has 1 heteroatoms. The Hall–Kier alpha value is -1.60. The van der Waals surface area contributed by atoms with E-state index in [0.29, 0.717) is 0 Å². The highest BCUT2D eigenvalue weighted by atomic mass is 16.3. The molecule has 0 saturated heterocycles. The minimum absolute atomic E-state index is 0.515. The van der Waals surface area contributed by atoms with E-state index in [2.05, 4.69) is 19.1 Å². The van der Waals surface area contributed by atoms with Gasteiger partial charge in [-0.05, 0) is 29.5 Å². The molecule has 0 unspecified atom stereocenters. The van der Waals surface area contributed by atoms with E-state index in [0.717, 1.165) is 17.5 Å². The number of hydrogen-bond acceptors (Lipinski definition) is 1. The van der Waals surface area contributed by atoms with Crippen LogP contribution < -0.4 is 0 Å². The van der Waals surface area contributed by atoms with Crippen molar-refractivity contribution in [2.24, 2.45) is 0 Å². The Morgan fingerprint density at radius 2 is 1.58 bits per heavy atom. The van der Waals surface area contributed by atoms with Gasteiger partial charge in [0.25, 0.3) is 0 Å². The average molecular weight is 254 g/mol. The number of aliphatic hydroxyl groups is 1. The maximum atomic E-state index is 10.5. The summed E-state index contributed by atoms with van der Waals surface area (Å²) in [6.45, 7) is 2.21. The van der Waals surface area contributed by atoms with E-state index in [4.69, 9.17) is 0 Å². The highest BCUT2D eigenvalue weighted by Gasteiger charge is 2.13. The quantitative estimate of drug-likeness (QED) is 0.752. The SMILES string of the molecule is CCCCCc1ccccc1[C@H](O)c1ccccc1. The van der Waals surface area contributed by atoms with E-state index in [1.165, 1.54) is 24.8 Å². The van der Waals surface area contributed by atoms with Crippen molar-refractivity contribution >= 4 is 0 Å². The highest BCUT2D eigenvalue weighted by Crippen LogP contribution is 2.25. The fourth-order valence-electron chi connectivity index (χ4n) is 2.41. The monoisotopic (exact) mass is 254 g/mol. The van der Waals surface area contributed by atoms with Crippen LogP contribution in [0, 0.1) is 0 Å². The molecule has 1 nitrogen and oxygen atoms in total. The first-order valence-corrected chi connectivity index (χ1v) is 7.13. The van der Waals surface area contributed by atoms with Crippen molar-refractivity contribution in [3.8, 4) is 0 Å². The van der Waals surface area contributed by atoms with Gasteiger partial charge in [-0.25, -0.2) is 0 Å². The molecule has 19 heavy (non-hydrogen) atoms. The van der Waals surface area contributed by atoms with E-state index in [-0.39, 0.29) is 0 Å². The van der Waals surface area contributed by atoms with Crippen LogP contribution in [0.3, 0.4) is 0 Å². The largest absolute Gasteiger partial charge is 0.384 e. The summed E-state index contributed by atoms with van der Waals surface area (Å²) < 4.78 is 0. The Morgan fingerprint density at radius 3 is 2.32 bits per heavy atom. The summed E-state index contributed by atoms with van der Waals surface area (Å²) in [4.78, 5) is 0. The molecule has 100 valence electrons. The Morgan fingerprint density at radius 1 is 0.895 bits per heavy atom. The van der Waals surface area contributed by atoms with Gasteiger partial charge >= 0.3 is 0 Å². The standard InChI is InChI=1S/C18H22O/c1-2-3-5-10-15-11-8-9-14-17(15)18(19)16-12-6-4-7-13-16/h4,6-9,11-14,18-19H,2-3,5,10H2,1H3/t18-/m1/s1. The molecule has 0 amide bonds. The van der Waals surface area contributed by atoms with Crippen LogP contribution in [0.1, 0.15) is 49.0 Å². The topological polar surface area (TPSA) is 20.2 Å². The third-order valence-electron chi connectivity index (χ3n) is 3.51. The molecule has 2 aromatic rings. The predicted octanol–water partition coefficient (Wildman–Crippen LogP) is 4.50. The third kappa shape index (κ3) is 3.68. The zero-order valence-electron chi connectivity index (χ0n) is 11.5. The van der Waals surface area contributed by atoms with E-state index in [1.54, 1.807) is 0 Å². The van der Waals surface area contributed by atoms with Crippen LogP contribution in [0.4, 0.5) is 0 Å². The highest BCUT2D eigenvalue weighted by molar-refractivity contribution is 5.35. The second-order valence-corrected chi connectivity index (χ2v) is 4.97. The molecule has 0 saturated carbocycles. The Labute approximate surface area is 115 Å². The minimum atomic E-state index is -0.515. The van der Waals surface area contributed by atoms with Gasteiger partial charge in [0.1, 0.15) is 6.10 Å². The first-order valence-electron chi connectivity index (χ1n) is 7.13. The van der Waals surface area contributed by atoms with Crippen LogP contribution in [0.25, 0.3) is 0 Å². The van der Waals surface area contributed by atoms with Gasteiger partial charge < -0.3 is 5.11 Å². The van der Waals surface area contributed by atoms with Crippen LogP contribution in [0.2, 0.25) is 0 Å². The first kappa shape index (κ1) is 13.8. The molecule has 2 rings (SSSR count). The van der Waals surface area contributed by atoms with Gasteiger partial charge in [-0.2, -0.15) is 0 Å². The number of hydrogen-bond donors (Lipinski definition) is 1. The first-order chi connectivity index (χ1) is 9.33. The molecule has 0 fully saturated rings. The predicted molar refractivity (Wildman–Crippen MR) is 80.2 cm³/mol. The van der Waals surface area contributed by atoms with E-state index in [1.807, 2.05) is 42.5 Å². The van der Waals surface area contributed by atoms with Gasteiger partial charge in [0, 0.05) is 0 Å². The molecular weight excluding hydrogens is 232 g/mol. The van der Waals surface area contributed by atoms with Crippen LogP contribution in [0.15, 0.2) is 54.6 Å². The molecular formula is C18H22O. The van der Waals surface area contributed by atoms with Crippen LogP contribution in [0.5, 0.6) is 0 Å². The fraction of sp³-hybridized carbons (Fsp3) is 0.333. The molecule has 0 aliphatic heterocycles. The maximum absolute atomic E-state index is 10.5. The molecule has 2 aromatic carbocycles. The zero-order valence-corrected chi connectivity index (χ0v) is 11.5. The van der Waals surface area contributed by atoms with Crippen molar-refractivity contribution in [2.45, 2.75) is 38.7 Å². The molecule has 0 radical (unpaired) electrons. The summed E-state index contributed by atoms with van der Waals surface area (Å²) in [5, 5.41) is 10.5. The van der Waals surface area contributed by atoms with Crippen molar-refractivity contribution in [2.75, 3.05) is 0 Å². The van der Waals surface area contributed by atoms with E-state index in [9.17, 15) is 5.11 Å². The molecule has 0 aliphatic carbocycles. The summed E-state index contributed by atoms with van der Waals surface area (Å²) in [5.41, 5.74) is 3.28. The van der Waals surface area contributed by atoms with Crippen LogP contribution >= 0.6 is 0 Å². The van der Waals surface area contributed by atoms with Gasteiger partial charge in [0.2, 0.25) is 0 Å². The van der Waals surface area contributed by atoms with Crippen molar-refractivity contribution in [1.29, 1.82) is 0 Å². The van der Waals surface area contributed by atoms with E-state index < -0.39 is 6.10 Å². The Balaban J connectivity index is 2.19. The van der Waals surface area contributed by atoms with Crippen molar-refractivity contribution in [1.82, 2.24) is 0 Å². The lowest BCUT2D eigenvalue weighted by Gasteiger charge is -2.16. The number of unbranched alkanes of at least 4 members (excludes halogenated alkanes) is 2. The molecule has 1 atom stereocenters. The molecule has 0 heterocycles. The van der Waals surface area contributed by atoms with Crippen LogP contribution in [-0.2, 0) is 6.42 Å². The summed E-state index contributed by atoms with van der Waals surface area (Å²) in [5.74, 6) is 0. The number of benzene rings is 2. The van der Waals surface area contributed by atoms with Crippen molar-refractivity contribution in [3.05, 3.63) is 71.3 Å². The molecule has 1 N–H and O–H groups in total. The Kier molecular flexibility index (Phi) is 5.17. The molecule has 0 spiro atoms. The lowest BCUT2D eigenvalue weighted by Crippen LogP contribution is -2.03. The summed E-state index contributed by atoms with van der Waals surface area (Å²) in [6, 6.07) is 18.1. The van der Waals surface area contributed by atoms with Gasteiger partial charge in [0.15, 0.2) is 0 Å². The van der Waals surface area contributed by atoms with Gasteiger partial charge in [-0.1, -0.05) is 74.4 Å². The zero-order chi connectivity index (χ0) is 13.5. The summed E-state index contributed by atoms with van der Waals surface area (Å²) in [7, 11) is 0. The lowest BCUT2D eigenvalue weighted by atomic mass is 9.94. The van der Waals surface area contributed by atoms with Crippen molar-refractivity contribution < 1.29 is 5.11 Å². The lowest BCUT2D eigenvalue weighted by molar-refractivity contribution is 0.219. The second-order valence-electron chi connectivity index (χ2n) is 4.97. The van der Waals surface area contributed by atoms with Gasteiger partial charge in [0.05, 0.1) is 0 Å². The number of aliphatic hydroxyl groups excluding tert-OH is 1. The van der Waals surface area contributed by atoms with Gasteiger partial charge in [-0.3, -0.25) is 0 Å². The fourth-order valence-corrected chi connectivity index (χ4v) is 2.41. The number of aryl methyl sites for hydroxylation is 1.